The maximum absolute atomic E-state index is 10.0. The van der Waals surface area contributed by atoms with Crippen LogP contribution in [0.1, 0.15) is 5.56 Å². The Bertz CT molecular complexity index is 1150. The number of fused-ring (bicyclic) bond motifs is 2. The van der Waals surface area contributed by atoms with E-state index in [1.54, 1.807) is 11.8 Å². The van der Waals surface area contributed by atoms with Gasteiger partial charge in [0.15, 0.2) is 0 Å². The van der Waals surface area contributed by atoms with Gasteiger partial charge in [-0.1, -0.05) is 47.6 Å². The van der Waals surface area contributed by atoms with Gasteiger partial charge in [0.2, 0.25) is 0 Å². The molecular formula is C21H15BClNO2S. The second kappa shape index (κ2) is 6.77. The van der Waals surface area contributed by atoms with E-state index in [9.17, 15) is 5.02 Å². The highest BCUT2D eigenvalue weighted by Crippen LogP contribution is 2.37. The topological polar surface area (TPSA) is 34.4 Å². The van der Waals surface area contributed by atoms with Gasteiger partial charge in [-0.2, -0.15) is 0 Å². The van der Waals surface area contributed by atoms with Crippen molar-refractivity contribution in [3.05, 3.63) is 83.5 Å². The largest absolute Gasteiger partial charge is 0.491 e. The lowest BCUT2D eigenvalue weighted by atomic mass is 9.79. The minimum atomic E-state index is -0.852. The number of benzene rings is 3. The number of hydrogen-bond acceptors (Lipinski definition) is 3. The molecule has 0 saturated heterocycles. The van der Waals surface area contributed by atoms with Crippen molar-refractivity contribution < 1.29 is 9.68 Å². The Hall–Kier alpha value is -2.18. The summed E-state index contributed by atoms with van der Waals surface area (Å²) in [4.78, 5) is 2.31. The molecule has 132 valence electrons. The second-order valence-corrected chi connectivity index (χ2v) is 8.04. The van der Waals surface area contributed by atoms with Crippen LogP contribution >= 0.6 is 23.4 Å². The Morgan fingerprint density at radius 2 is 1.89 bits per heavy atom. The summed E-state index contributed by atoms with van der Waals surface area (Å²) in [5.74, 6) is 0. The molecule has 3 aromatic carbocycles. The molecule has 0 bridgehead atoms. The van der Waals surface area contributed by atoms with Gasteiger partial charge in [0, 0.05) is 32.1 Å². The van der Waals surface area contributed by atoms with Crippen LogP contribution < -0.4 is 5.46 Å². The molecule has 3 nitrogen and oxygen atoms in total. The van der Waals surface area contributed by atoms with Crippen molar-refractivity contribution >= 4 is 46.8 Å². The monoisotopic (exact) mass is 391 g/mol. The van der Waals surface area contributed by atoms with Crippen molar-refractivity contribution in [2.45, 2.75) is 16.4 Å². The first-order chi connectivity index (χ1) is 13.2. The van der Waals surface area contributed by atoms with Gasteiger partial charge in [-0.3, -0.25) is 0 Å². The summed E-state index contributed by atoms with van der Waals surface area (Å²) in [5.41, 5.74) is 3.93. The van der Waals surface area contributed by atoms with Gasteiger partial charge >= 0.3 is 7.12 Å². The van der Waals surface area contributed by atoms with Crippen LogP contribution in [0.15, 0.2) is 82.7 Å². The zero-order valence-corrected chi connectivity index (χ0v) is 15.9. The van der Waals surface area contributed by atoms with Crippen molar-refractivity contribution in [3.63, 3.8) is 0 Å². The van der Waals surface area contributed by atoms with E-state index < -0.39 is 7.12 Å². The van der Waals surface area contributed by atoms with E-state index in [2.05, 4.69) is 29.0 Å². The summed E-state index contributed by atoms with van der Waals surface area (Å²) < 4.78 is 7.47. The van der Waals surface area contributed by atoms with Crippen molar-refractivity contribution in [1.82, 2.24) is 4.57 Å². The summed E-state index contributed by atoms with van der Waals surface area (Å²) in [6.45, 7) is 0.452. The Labute approximate surface area is 166 Å². The summed E-state index contributed by atoms with van der Waals surface area (Å²) in [6.07, 6.45) is 2.13. The quantitative estimate of drug-likeness (QED) is 0.516. The second-order valence-electron chi connectivity index (χ2n) is 6.49. The summed E-state index contributed by atoms with van der Waals surface area (Å²) in [5, 5.41) is 11.9. The Morgan fingerprint density at radius 3 is 2.74 bits per heavy atom. The smallest absolute Gasteiger partial charge is 0.423 e. The van der Waals surface area contributed by atoms with E-state index in [4.69, 9.17) is 16.3 Å². The van der Waals surface area contributed by atoms with Crippen LogP contribution in [0.4, 0.5) is 0 Å². The van der Waals surface area contributed by atoms with E-state index >= 15 is 0 Å². The third kappa shape index (κ3) is 3.07. The molecule has 0 atom stereocenters. The molecule has 0 spiro atoms. The number of halogens is 1. The van der Waals surface area contributed by atoms with Gasteiger partial charge in [-0.25, -0.2) is 0 Å². The molecule has 0 amide bonds. The zero-order valence-electron chi connectivity index (χ0n) is 14.3. The van der Waals surface area contributed by atoms with E-state index in [0.717, 1.165) is 32.5 Å². The maximum Gasteiger partial charge on any atom is 0.491 e. The van der Waals surface area contributed by atoms with E-state index in [-0.39, 0.29) is 0 Å². The minimum absolute atomic E-state index is 0.452. The molecule has 0 radical (unpaired) electrons. The third-order valence-electron chi connectivity index (χ3n) is 4.77. The highest BCUT2D eigenvalue weighted by atomic mass is 35.5. The van der Waals surface area contributed by atoms with E-state index in [0.29, 0.717) is 11.6 Å². The molecular weight excluding hydrogens is 377 g/mol. The van der Waals surface area contributed by atoms with Crippen molar-refractivity contribution in [2.24, 2.45) is 0 Å². The van der Waals surface area contributed by atoms with Crippen LogP contribution in [0.5, 0.6) is 0 Å². The minimum Gasteiger partial charge on any atom is -0.423 e. The number of nitrogens with zero attached hydrogens (tertiary/aromatic N) is 1. The fourth-order valence-electron chi connectivity index (χ4n) is 3.43. The third-order valence-corrected chi connectivity index (χ3v) is 6.06. The fraction of sp³-hybridized carbons (Fsp3) is 0.0476. The Balaban J connectivity index is 1.66. The molecule has 0 fully saturated rings. The lowest BCUT2D eigenvalue weighted by Gasteiger charge is -2.08. The van der Waals surface area contributed by atoms with Gasteiger partial charge < -0.3 is 14.2 Å². The molecule has 1 aliphatic heterocycles. The molecule has 0 aliphatic carbocycles. The van der Waals surface area contributed by atoms with Gasteiger partial charge in [-0.15, -0.1) is 0 Å². The fourth-order valence-corrected chi connectivity index (χ4v) is 4.59. The summed E-state index contributed by atoms with van der Waals surface area (Å²) >= 11 is 7.99. The van der Waals surface area contributed by atoms with Gasteiger partial charge in [0.1, 0.15) is 0 Å². The highest BCUT2D eigenvalue weighted by molar-refractivity contribution is 7.99. The van der Waals surface area contributed by atoms with Gasteiger partial charge in [0.25, 0.3) is 0 Å². The maximum atomic E-state index is 10.0. The van der Waals surface area contributed by atoms with Crippen LogP contribution in [0.2, 0.25) is 5.02 Å². The molecule has 27 heavy (non-hydrogen) atoms. The van der Waals surface area contributed by atoms with Crippen LogP contribution in [-0.2, 0) is 11.3 Å². The predicted molar refractivity (Wildman–Crippen MR) is 111 cm³/mol. The first-order valence-corrected chi connectivity index (χ1v) is 9.85. The molecule has 2 heterocycles. The molecule has 1 aromatic heterocycles. The summed E-state index contributed by atoms with van der Waals surface area (Å²) in [7, 11) is -0.852. The average molecular weight is 392 g/mol. The van der Waals surface area contributed by atoms with Crippen LogP contribution in [0.3, 0.4) is 0 Å². The molecule has 1 aliphatic rings. The normalized spacial score (nSPS) is 13.3. The van der Waals surface area contributed by atoms with E-state index in [1.807, 2.05) is 48.5 Å². The number of aromatic nitrogens is 1. The highest BCUT2D eigenvalue weighted by Gasteiger charge is 2.27. The van der Waals surface area contributed by atoms with Crippen LogP contribution in [0, 0.1) is 0 Å². The molecule has 5 rings (SSSR count). The van der Waals surface area contributed by atoms with E-state index in [1.165, 1.54) is 4.90 Å². The molecule has 4 aromatic rings. The summed E-state index contributed by atoms with van der Waals surface area (Å²) in [6, 6.07) is 22.3. The average Bonchev–Trinajstić information content (AvgIpc) is 3.23. The Kier molecular flexibility index (Phi) is 4.25. The number of rotatable bonds is 3. The standard InChI is InChI=1S/C21H15BClNO2S/c23-15-7-9-20-18(10-15)21(27-17-4-2-1-3-5-17)12-24(20)16-8-6-14-13-26-22(25)19(14)11-16/h1-12,25H,13H2. The molecule has 1 N–H and O–H groups in total. The SMILES string of the molecule is OB1OCc2ccc(-n3cc(Sc4ccccc4)c4cc(Cl)ccc43)cc21. The number of hydrogen-bond donors (Lipinski definition) is 1. The molecule has 6 heteroatoms. The van der Waals surface area contributed by atoms with Gasteiger partial charge in [0.05, 0.1) is 12.1 Å². The Morgan fingerprint density at radius 1 is 1.04 bits per heavy atom. The zero-order chi connectivity index (χ0) is 18.4. The van der Waals surface area contributed by atoms with Crippen molar-refractivity contribution in [1.29, 1.82) is 0 Å². The molecule has 0 saturated carbocycles. The predicted octanol–water partition coefficient (Wildman–Crippen LogP) is 4.65. The van der Waals surface area contributed by atoms with Crippen molar-refractivity contribution in [2.75, 3.05) is 0 Å². The lowest BCUT2D eigenvalue weighted by molar-refractivity contribution is 0.275. The first kappa shape index (κ1) is 17.0. The van der Waals surface area contributed by atoms with Crippen LogP contribution in [0.25, 0.3) is 16.6 Å². The first-order valence-electron chi connectivity index (χ1n) is 8.65. The lowest BCUT2D eigenvalue weighted by Crippen LogP contribution is -2.28. The van der Waals surface area contributed by atoms with Crippen LogP contribution in [-0.4, -0.2) is 16.7 Å². The van der Waals surface area contributed by atoms with Gasteiger partial charge in [-0.05, 0) is 53.5 Å². The molecule has 0 unspecified atom stereocenters. The van der Waals surface area contributed by atoms with Crippen molar-refractivity contribution in [3.8, 4) is 5.69 Å².